The highest BCUT2D eigenvalue weighted by atomic mass is 79.9. The smallest absolute Gasteiger partial charge is 0.0254 e. The van der Waals surface area contributed by atoms with Crippen molar-refractivity contribution in [3.05, 3.63) is 0 Å². The third-order valence-corrected chi connectivity index (χ3v) is 3.24. The molecule has 44 valence electrons. The molecule has 0 fully saturated rings. The van der Waals surface area contributed by atoms with Gasteiger partial charge in [0.1, 0.15) is 0 Å². The molecule has 3 heteroatoms. The van der Waals surface area contributed by atoms with Crippen LogP contribution in [0.25, 0.3) is 0 Å². The van der Waals surface area contributed by atoms with Crippen LogP contribution in [0.3, 0.4) is 0 Å². The molecule has 0 aliphatic rings. The molecule has 1 atom stereocenters. The zero-order chi connectivity index (χ0) is 5.70. The van der Waals surface area contributed by atoms with Crippen molar-refractivity contribution in [2.24, 2.45) is 0 Å². The van der Waals surface area contributed by atoms with E-state index in [1.165, 1.54) is 0 Å². The minimum absolute atomic E-state index is 0.546. The van der Waals surface area contributed by atoms with Gasteiger partial charge in [0.15, 0.2) is 0 Å². The van der Waals surface area contributed by atoms with Crippen LogP contribution in [-0.4, -0.2) is 16.0 Å². The third kappa shape index (κ3) is 5.12. The lowest BCUT2D eigenvalue weighted by Crippen LogP contribution is -1.98. The first-order chi connectivity index (χ1) is 3.31. The molecule has 0 heterocycles. The van der Waals surface area contributed by atoms with E-state index in [4.69, 9.17) is 11.6 Å². The maximum absolute atomic E-state index is 5.42. The Morgan fingerprint density at radius 1 is 1.57 bits per heavy atom. The Morgan fingerprint density at radius 3 is 2.29 bits per heavy atom. The first kappa shape index (κ1) is 8.25. The predicted molar refractivity (Wildman–Crippen MR) is 41.8 cm³/mol. The summed E-state index contributed by atoms with van der Waals surface area (Å²) in [5.74, 6) is 0.738. The summed E-state index contributed by atoms with van der Waals surface area (Å²) in [5.41, 5.74) is 0. The van der Waals surface area contributed by atoms with Crippen molar-refractivity contribution in [3.8, 4) is 0 Å². The van der Waals surface area contributed by atoms with Crippen LogP contribution in [-0.2, 0) is 0 Å². The van der Waals surface area contributed by atoms with Crippen LogP contribution in [0.15, 0.2) is 0 Å². The second-order valence-corrected chi connectivity index (χ2v) is 3.55. The summed E-state index contributed by atoms with van der Waals surface area (Å²) in [6, 6.07) is 0. The molecule has 0 N–H and O–H groups in total. The largest absolute Gasteiger partial charge is 0.127 e. The molecule has 0 aromatic rings. The molecular formula is C4H7Br2Cl. The van der Waals surface area contributed by atoms with Crippen LogP contribution < -0.4 is 0 Å². The predicted octanol–water partition coefficient (Wildman–Crippen LogP) is 2.77. The molecule has 0 radical (unpaired) electrons. The fourth-order valence-electron chi connectivity index (χ4n) is 0.196. The van der Waals surface area contributed by atoms with Gasteiger partial charge in [0.05, 0.1) is 0 Å². The van der Waals surface area contributed by atoms with Gasteiger partial charge >= 0.3 is 0 Å². The van der Waals surface area contributed by atoms with Crippen molar-refractivity contribution in [2.45, 2.75) is 11.2 Å². The van der Waals surface area contributed by atoms with E-state index in [-0.39, 0.29) is 0 Å². The monoisotopic (exact) mass is 248 g/mol. The van der Waals surface area contributed by atoms with E-state index in [0.29, 0.717) is 4.83 Å². The van der Waals surface area contributed by atoms with Gasteiger partial charge in [0, 0.05) is 16.0 Å². The summed E-state index contributed by atoms with van der Waals surface area (Å²) in [6.07, 6.45) is 1.03. The van der Waals surface area contributed by atoms with Gasteiger partial charge in [-0.2, -0.15) is 0 Å². The SMILES string of the molecule is ClCC[C@@H](Br)CBr. The lowest BCUT2D eigenvalue weighted by atomic mass is 10.4. The molecule has 0 amide bonds. The van der Waals surface area contributed by atoms with Crippen LogP contribution >= 0.6 is 43.5 Å². The molecule has 0 nitrogen and oxygen atoms in total. The molecular weight excluding hydrogens is 243 g/mol. The summed E-state index contributed by atoms with van der Waals surface area (Å²) in [7, 11) is 0. The van der Waals surface area contributed by atoms with E-state index in [2.05, 4.69) is 31.9 Å². The van der Waals surface area contributed by atoms with Crippen LogP contribution in [0.5, 0.6) is 0 Å². The van der Waals surface area contributed by atoms with E-state index < -0.39 is 0 Å². The Balaban J connectivity index is 2.83. The zero-order valence-corrected chi connectivity index (χ0v) is 7.76. The molecule has 0 spiro atoms. The summed E-state index contributed by atoms with van der Waals surface area (Å²) in [4.78, 5) is 0.546. The topological polar surface area (TPSA) is 0 Å². The second-order valence-electron chi connectivity index (χ2n) is 1.23. The minimum Gasteiger partial charge on any atom is -0.127 e. The average molecular weight is 250 g/mol. The van der Waals surface area contributed by atoms with E-state index in [1.807, 2.05) is 0 Å². The van der Waals surface area contributed by atoms with Gasteiger partial charge < -0.3 is 0 Å². The second kappa shape index (κ2) is 5.39. The van der Waals surface area contributed by atoms with Crippen LogP contribution in [0.2, 0.25) is 0 Å². The molecule has 0 saturated carbocycles. The molecule has 0 aromatic carbocycles. The van der Waals surface area contributed by atoms with Crippen molar-refractivity contribution in [1.29, 1.82) is 0 Å². The van der Waals surface area contributed by atoms with Gasteiger partial charge in [-0.25, -0.2) is 0 Å². The molecule has 0 aliphatic carbocycles. The molecule has 0 bridgehead atoms. The fraction of sp³-hybridized carbons (Fsp3) is 1.00. The first-order valence-electron chi connectivity index (χ1n) is 2.07. The van der Waals surface area contributed by atoms with E-state index in [0.717, 1.165) is 17.6 Å². The number of rotatable bonds is 3. The summed E-state index contributed by atoms with van der Waals surface area (Å²) < 4.78 is 0. The number of halogens is 3. The van der Waals surface area contributed by atoms with Gasteiger partial charge in [0.2, 0.25) is 0 Å². The standard InChI is InChI=1S/C4H7Br2Cl/c5-3-4(6)1-2-7/h4H,1-3H2/t4-/m1/s1. The van der Waals surface area contributed by atoms with Gasteiger partial charge in [-0.1, -0.05) is 31.9 Å². The summed E-state index contributed by atoms with van der Waals surface area (Å²) in [5, 5.41) is 0.986. The fourth-order valence-corrected chi connectivity index (χ4v) is 1.28. The zero-order valence-electron chi connectivity index (χ0n) is 3.83. The van der Waals surface area contributed by atoms with Crippen molar-refractivity contribution in [3.63, 3.8) is 0 Å². The van der Waals surface area contributed by atoms with Crippen molar-refractivity contribution < 1.29 is 0 Å². The van der Waals surface area contributed by atoms with Crippen LogP contribution in [0, 0.1) is 0 Å². The molecule has 0 saturated heterocycles. The Morgan fingerprint density at radius 2 is 2.14 bits per heavy atom. The maximum atomic E-state index is 5.42. The molecule has 0 aliphatic heterocycles. The molecule has 0 aromatic heterocycles. The summed E-state index contributed by atoms with van der Waals surface area (Å²) >= 11 is 12.1. The highest BCUT2D eigenvalue weighted by Crippen LogP contribution is 2.08. The average Bonchev–Trinajstić information content (AvgIpc) is 1.68. The third-order valence-electron chi connectivity index (χ3n) is 0.590. The van der Waals surface area contributed by atoms with Crippen molar-refractivity contribution in [2.75, 3.05) is 11.2 Å². The lowest BCUT2D eigenvalue weighted by molar-refractivity contribution is 0.945. The number of hydrogen-bond acceptors (Lipinski definition) is 0. The normalized spacial score (nSPS) is 14.1. The van der Waals surface area contributed by atoms with Gasteiger partial charge in [-0.15, -0.1) is 11.6 Å². The minimum atomic E-state index is 0.546. The van der Waals surface area contributed by atoms with Crippen molar-refractivity contribution in [1.82, 2.24) is 0 Å². The Labute approximate surface area is 65.9 Å². The van der Waals surface area contributed by atoms with E-state index in [1.54, 1.807) is 0 Å². The molecule has 0 rings (SSSR count). The highest BCUT2D eigenvalue weighted by Gasteiger charge is 1.97. The quantitative estimate of drug-likeness (QED) is 0.676. The Kier molecular flexibility index (Phi) is 6.35. The first-order valence-corrected chi connectivity index (χ1v) is 4.64. The maximum Gasteiger partial charge on any atom is 0.0254 e. The van der Waals surface area contributed by atoms with Gasteiger partial charge in [0.25, 0.3) is 0 Å². The molecule has 7 heavy (non-hydrogen) atoms. The number of hydrogen-bond donors (Lipinski definition) is 0. The Bertz CT molecular complexity index is 40.7. The molecule has 0 unspecified atom stereocenters. The number of alkyl halides is 3. The highest BCUT2D eigenvalue weighted by molar-refractivity contribution is 9.12. The Hall–Kier alpha value is 1.25. The van der Waals surface area contributed by atoms with E-state index >= 15 is 0 Å². The summed E-state index contributed by atoms with van der Waals surface area (Å²) in [6.45, 7) is 0. The van der Waals surface area contributed by atoms with Crippen molar-refractivity contribution >= 4 is 43.5 Å². The van der Waals surface area contributed by atoms with Crippen LogP contribution in [0.1, 0.15) is 6.42 Å². The van der Waals surface area contributed by atoms with Gasteiger partial charge in [-0.3, -0.25) is 0 Å². The lowest BCUT2D eigenvalue weighted by Gasteiger charge is -1.98. The van der Waals surface area contributed by atoms with Crippen LogP contribution in [0.4, 0.5) is 0 Å². The van der Waals surface area contributed by atoms with E-state index in [9.17, 15) is 0 Å². The van der Waals surface area contributed by atoms with Gasteiger partial charge in [-0.05, 0) is 6.42 Å².